The van der Waals surface area contributed by atoms with Crippen molar-refractivity contribution >= 4 is 34.0 Å². The van der Waals surface area contributed by atoms with Crippen molar-refractivity contribution in [2.45, 2.75) is 50.3 Å². The Morgan fingerprint density at radius 2 is 2.03 bits per heavy atom. The number of rotatable bonds is 5. The minimum absolute atomic E-state index is 0.00433. The number of allylic oxidation sites excluding steroid dienone is 3. The van der Waals surface area contributed by atoms with Gasteiger partial charge in [-0.1, -0.05) is 56.0 Å². The molecule has 4 rings (SSSR count). The van der Waals surface area contributed by atoms with Gasteiger partial charge in [0, 0.05) is 23.4 Å². The lowest BCUT2D eigenvalue weighted by atomic mass is 9.69. The number of hydrogen-bond acceptors (Lipinski definition) is 9. The van der Waals surface area contributed by atoms with Crippen LogP contribution in [0.5, 0.6) is 5.75 Å². The number of nitriles is 1. The first-order valence-corrected chi connectivity index (χ1v) is 12.3. The Balaban J connectivity index is 1.90. The van der Waals surface area contributed by atoms with Crippen LogP contribution in [-0.4, -0.2) is 26.8 Å². The highest BCUT2D eigenvalue weighted by atomic mass is 32.2. The van der Waals surface area contributed by atoms with E-state index in [0.717, 1.165) is 27.8 Å². The number of anilines is 1. The predicted octanol–water partition coefficient (Wildman–Crippen LogP) is 4.69. The molecule has 2 heterocycles. The molecule has 0 fully saturated rings. The summed E-state index contributed by atoms with van der Waals surface area (Å²) in [7, 11) is 0. The molecule has 9 heteroatoms. The van der Waals surface area contributed by atoms with E-state index in [0.29, 0.717) is 29.1 Å². The minimum Gasteiger partial charge on any atom is -0.508 e. The van der Waals surface area contributed by atoms with E-state index in [4.69, 9.17) is 5.73 Å². The number of phenolic OH excluding ortho intramolecular Hbond substituents is 1. The average molecular weight is 468 g/mol. The monoisotopic (exact) mass is 467 g/mol. The van der Waals surface area contributed by atoms with Crippen LogP contribution in [-0.2, 0) is 4.79 Å². The molecule has 0 spiro atoms. The van der Waals surface area contributed by atoms with Crippen LogP contribution >= 0.6 is 23.1 Å². The summed E-state index contributed by atoms with van der Waals surface area (Å²) in [4.78, 5) is 15.2. The van der Waals surface area contributed by atoms with E-state index >= 15 is 0 Å². The summed E-state index contributed by atoms with van der Waals surface area (Å²) in [6, 6.07) is 8.85. The van der Waals surface area contributed by atoms with E-state index in [9.17, 15) is 15.2 Å². The third-order valence-corrected chi connectivity index (χ3v) is 7.87. The van der Waals surface area contributed by atoms with Crippen LogP contribution in [0.2, 0.25) is 0 Å². The van der Waals surface area contributed by atoms with Gasteiger partial charge >= 0.3 is 0 Å². The summed E-state index contributed by atoms with van der Waals surface area (Å²) in [5.41, 5.74) is 8.77. The maximum atomic E-state index is 13.4. The quantitative estimate of drug-likeness (QED) is 0.609. The van der Waals surface area contributed by atoms with Gasteiger partial charge in [0.05, 0.1) is 17.6 Å². The summed E-state index contributed by atoms with van der Waals surface area (Å²) in [5.74, 6) is 0.768. The highest BCUT2D eigenvalue weighted by molar-refractivity contribution is 8.01. The third-order valence-electron chi connectivity index (χ3n) is 5.62. The topological polar surface area (TPSA) is 116 Å². The Bertz CT molecular complexity index is 1160. The van der Waals surface area contributed by atoms with Gasteiger partial charge in [-0.15, -0.1) is 10.2 Å². The van der Waals surface area contributed by atoms with Crippen molar-refractivity contribution in [1.82, 2.24) is 10.2 Å². The number of ketones is 1. The molecular weight excluding hydrogens is 442 g/mol. The molecule has 166 valence electrons. The summed E-state index contributed by atoms with van der Waals surface area (Å²) in [5, 5.41) is 29.0. The van der Waals surface area contributed by atoms with E-state index in [1.807, 2.05) is 0 Å². The average Bonchev–Trinajstić information content (AvgIpc) is 3.19. The minimum atomic E-state index is -0.572. The fourth-order valence-electron chi connectivity index (χ4n) is 4.27. The second-order valence-electron chi connectivity index (χ2n) is 8.77. The molecule has 1 aromatic carbocycles. The lowest BCUT2D eigenvalue weighted by Crippen LogP contribution is -2.42. The Morgan fingerprint density at radius 3 is 2.69 bits per heavy atom. The van der Waals surface area contributed by atoms with Crippen LogP contribution in [0.4, 0.5) is 5.13 Å². The fraction of sp³-hybridized carbons (Fsp3) is 0.391. The van der Waals surface area contributed by atoms with Crippen LogP contribution in [0.3, 0.4) is 0 Å². The van der Waals surface area contributed by atoms with Gasteiger partial charge in [-0.2, -0.15) is 5.26 Å². The zero-order chi connectivity index (χ0) is 23.0. The largest absolute Gasteiger partial charge is 0.508 e. The van der Waals surface area contributed by atoms with Gasteiger partial charge < -0.3 is 10.8 Å². The van der Waals surface area contributed by atoms with Gasteiger partial charge in [0.15, 0.2) is 10.1 Å². The van der Waals surface area contributed by atoms with E-state index < -0.39 is 5.92 Å². The number of hydrogen-bond donors (Lipinski definition) is 2. The van der Waals surface area contributed by atoms with E-state index in [2.05, 4.69) is 37.0 Å². The molecule has 1 aliphatic carbocycles. The number of Topliss-reactive ketones (excluding diaryl/α,β-unsaturated/α-hetero) is 1. The van der Waals surface area contributed by atoms with Crippen molar-refractivity contribution in [3.05, 3.63) is 52.5 Å². The van der Waals surface area contributed by atoms with Gasteiger partial charge in [0.2, 0.25) is 5.13 Å². The fourth-order valence-corrected chi connectivity index (χ4v) is 6.07. The van der Waals surface area contributed by atoms with Crippen LogP contribution in [0.25, 0.3) is 0 Å². The number of thioether (sulfide) groups is 1. The molecule has 0 saturated carbocycles. The number of nitrogens with two attached hydrogens (primary N) is 1. The zero-order valence-electron chi connectivity index (χ0n) is 18.3. The highest BCUT2D eigenvalue weighted by Crippen LogP contribution is 2.50. The van der Waals surface area contributed by atoms with Crippen LogP contribution in [0.1, 0.15) is 51.5 Å². The molecule has 2 aromatic rings. The lowest BCUT2D eigenvalue weighted by Gasteiger charge is -2.42. The van der Waals surface area contributed by atoms with Crippen LogP contribution in [0.15, 0.2) is 51.3 Å². The zero-order valence-corrected chi connectivity index (χ0v) is 19.9. The first-order valence-electron chi connectivity index (χ1n) is 10.5. The molecule has 7 nitrogen and oxygen atoms in total. The summed E-state index contributed by atoms with van der Waals surface area (Å²) in [6.45, 7) is 6.23. The number of benzene rings is 1. The molecule has 1 unspecified atom stereocenters. The molecular formula is C23H25N5O2S2. The Labute approximate surface area is 195 Å². The van der Waals surface area contributed by atoms with Gasteiger partial charge in [-0.05, 0) is 36.0 Å². The van der Waals surface area contributed by atoms with Crippen molar-refractivity contribution < 1.29 is 9.90 Å². The van der Waals surface area contributed by atoms with Gasteiger partial charge in [0.1, 0.15) is 11.6 Å². The molecule has 1 aliphatic heterocycles. The van der Waals surface area contributed by atoms with Crippen LogP contribution in [0, 0.1) is 16.7 Å². The molecule has 0 amide bonds. The molecule has 32 heavy (non-hydrogen) atoms. The maximum Gasteiger partial charge on any atom is 0.219 e. The number of aromatic nitrogens is 2. The number of phenols is 1. The van der Waals surface area contributed by atoms with Gasteiger partial charge in [-0.25, -0.2) is 0 Å². The summed E-state index contributed by atoms with van der Waals surface area (Å²) >= 11 is 3.05. The standard InChI is InChI=1S/C23H25N5O2S2/c1-4-9-31-22-27-26-21(32-22)28-16-10-23(2,3)11-17(30)19(16)18(15(12-24)20(28)25)13-5-7-14(29)8-6-13/h5-8,18,29H,4,9-11,25H2,1-3H3. The third kappa shape index (κ3) is 4.00. The molecule has 0 radical (unpaired) electrons. The van der Waals surface area contributed by atoms with Crippen molar-refractivity contribution in [2.24, 2.45) is 11.1 Å². The molecule has 3 N–H and O–H groups in total. The summed E-state index contributed by atoms with van der Waals surface area (Å²) < 4.78 is 0.831. The smallest absolute Gasteiger partial charge is 0.219 e. The summed E-state index contributed by atoms with van der Waals surface area (Å²) in [6.07, 6.45) is 2.04. The number of carbonyl (C=O) groups is 1. The van der Waals surface area contributed by atoms with Crippen LogP contribution < -0.4 is 10.6 Å². The highest BCUT2D eigenvalue weighted by Gasteiger charge is 2.45. The normalized spacial score (nSPS) is 20.4. The number of nitrogens with zero attached hydrogens (tertiary/aromatic N) is 4. The first-order chi connectivity index (χ1) is 15.3. The molecule has 0 bridgehead atoms. The van der Waals surface area contributed by atoms with E-state index in [1.54, 1.807) is 40.9 Å². The Hall–Kier alpha value is -2.83. The predicted molar refractivity (Wildman–Crippen MR) is 126 cm³/mol. The number of aromatic hydroxyl groups is 1. The van der Waals surface area contributed by atoms with Crippen molar-refractivity contribution in [3.8, 4) is 11.8 Å². The van der Waals surface area contributed by atoms with Gasteiger partial charge in [0.25, 0.3) is 0 Å². The second-order valence-corrected chi connectivity index (χ2v) is 11.1. The van der Waals surface area contributed by atoms with Crippen molar-refractivity contribution in [1.29, 1.82) is 5.26 Å². The van der Waals surface area contributed by atoms with Crippen molar-refractivity contribution in [3.63, 3.8) is 0 Å². The molecule has 1 aromatic heterocycles. The Morgan fingerprint density at radius 1 is 1.31 bits per heavy atom. The van der Waals surface area contributed by atoms with E-state index in [1.165, 1.54) is 11.3 Å². The SMILES string of the molecule is CCCSc1nnc(N2C(N)=C(C#N)C(c3ccc(O)cc3)C3=C2CC(C)(C)CC3=O)s1. The Kier molecular flexibility index (Phi) is 6.01. The molecule has 0 saturated heterocycles. The number of carbonyl (C=O) groups excluding carboxylic acids is 1. The molecule has 2 aliphatic rings. The first kappa shape index (κ1) is 22.4. The second kappa shape index (κ2) is 8.60. The maximum absolute atomic E-state index is 13.4. The molecule has 1 atom stereocenters. The lowest BCUT2D eigenvalue weighted by molar-refractivity contribution is -0.118. The van der Waals surface area contributed by atoms with Gasteiger partial charge in [-0.3, -0.25) is 9.69 Å². The van der Waals surface area contributed by atoms with E-state index in [-0.39, 0.29) is 22.8 Å². The van der Waals surface area contributed by atoms with Crippen molar-refractivity contribution in [2.75, 3.05) is 10.7 Å².